The van der Waals surface area contributed by atoms with Gasteiger partial charge >= 0.3 is 0 Å². The molecule has 1 saturated heterocycles. The molecule has 4 rings (SSSR count). The minimum absolute atomic E-state index is 0.0774. The molecule has 0 bridgehead atoms. The zero-order chi connectivity index (χ0) is 19.1. The van der Waals surface area contributed by atoms with Gasteiger partial charge in [-0.3, -0.25) is 9.20 Å². The van der Waals surface area contributed by atoms with Crippen molar-refractivity contribution in [2.24, 2.45) is 0 Å². The zero-order valence-electron chi connectivity index (χ0n) is 14.5. The van der Waals surface area contributed by atoms with Gasteiger partial charge in [0.25, 0.3) is 0 Å². The maximum Gasteiger partial charge on any atom is 0.227 e. The molecule has 1 aromatic carbocycles. The number of aryl methyl sites for hydroxylation is 1. The van der Waals surface area contributed by atoms with Gasteiger partial charge in [0.05, 0.1) is 16.4 Å². The summed E-state index contributed by atoms with van der Waals surface area (Å²) in [4.78, 5) is 18.3. The first-order chi connectivity index (χ1) is 13.0. The summed E-state index contributed by atoms with van der Waals surface area (Å²) in [7, 11) is 0. The molecule has 2 aromatic heterocycles. The van der Waals surface area contributed by atoms with E-state index in [-0.39, 0.29) is 12.5 Å². The molecule has 8 heteroatoms. The van der Waals surface area contributed by atoms with Gasteiger partial charge in [0.15, 0.2) is 11.4 Å². The Balaban J connectivity index is 1.66. The van der Waals surface area contributed by atoms with Crippen LogP contribution in [0, 0.1) is 6.92 Å². The van der Waals surface area contributed by atoms with Crippen molar-refractivity contribution in [3.63, 3.8) is 0 Å². The van der Waals surface area contributed by atoms with E-state index in [1.54, 1.807) is 17.0 Å². The summed E-state index contributed by atoms with van der Waals surface area (Å²) in [6.45, 7) is 2.77. The number of carbonyl (C=O) groups is 1. The van der Waals surface area contributed by atoms with Crippen molar-refractivity contribution in [1.82, 2.24) is 9.38 Å². The molecule has 5 nitrogen and oxygen atoms in total. The van der Waals surface area contributed by atoms with Crippen LogP contribution in [0.2, 0.25) is 10.0 Å². The normalized spacial score (nSPS) is 14.4. The first kappa shape index (κ1) is 18.6. The van der Waals surface area contributed by atoms with E-state index >= 15 is 0 Å². The molecule has 0 aliphatic carbocycles. The van der Waals surface area contributed by atoms with Crippen LogP contribution in [-0.2, 0) is 11.4 Å². The molecule has 1 aliphatic rings. The Bertz CT molecular complexity index is 1050. The fourth-order valence-electron chi connectivity index (χ4n) is 3.22. The fraction of sp³-hybridized carbons (Fsp3) is 0.263. The largest absolute Gasteiger partial charge is 0.485 e. The van der Waals surface area contributed by atoms with Crippen molar-refractivity contribution in [2.75, 3.05) is 11.4 Å². The Hall–Kier alpha value is -1.76. The third kappa shape index (κ3) is 3.30. The Labute approximate surface area is 175 Å². The minimum Gasteiger partial charge on any atom is -0.485 e. The lowest BCUT2D eigenvalue weighted by molar-refractivity contribution is -0.117. The van der Waals surface area contributed by atoms with Gasteiger partial charge in [0.1, 0.15) is 11.2 Å². The summed E-state index contributed by atoms with van der Waals surface area (Å²) in [5.74, 6) is 0.703. The van der Waals surface area contributed by atoms with Crippen LogP contribution in [0.1, 0.15) is 24.1 Å². The van der Waals surface area contributed by atoms with E-state index in [0.717, 1.165) is 16.7 Å². The average Bonchev–Trinajstić information content (AvgIpc) is 3.19. The second-order valence-electron chi connectivity index (χ2n) is 6.35. The average molecular weight is 469 g/mol. The van der Waals surface area contributed by atoms with Crippen molar-refractivity contribution in [1.29, 1.82) is 0 Å². The fourth-order valence-corrected chi connectivity index (χ4v) is 4.18. The van der Waals surface area contributed by atoms with E-state index in [1.807, 2.05) is 29.7 Å². The number of amides is 1. The topological polar surface area (TPSA) is 46.8 Å². The van der Waals surface area contributed by atoms with Gasteiger partial charge in [-0.15, -0.1) is 0 Å². The van der Waals surface area contributed by atoms with Crippen LogP contribution in [0.3, 0.4) is 0 Å². The SMILES string of the molecule is Cc1nc2c(OCc3c(Cl)ccc(N4CCCC4=O)c3Cl)cccn2c1Br. The molecule has 0 unspecified atom stereocenters. The molecule has 1 fully saturated rings. The van der Waals surface area contributed by atoms with Crippen molar-refractivity contribution in [2.45, 2.75) is 26.4 Å². The van der Waals surface area contributed by atoms with Crippen molar-refractivity contribution < 1.29 is 9.53 Å². The predicted molar refractivity (Wildman–Crippen MR) is 110 cm³/mol. The standard InChI is InChI=1S/C19H16BrCl2N3O2/c1-11-18(20)25-9-2-4-15(19(25)23-11)27-10-12-13(21)6-7-14(17(12)22)24-8-3-5-16(24)26/h2,4,6-7,9H,3,5,8,10H2,1H3. The van der Waals surface area contributed by atoms with Gasteiger partial charge in [-0.1, -0.05) is 23.2 Å². The number of rotatable bonds is 4. The zero-order valence-corrected chi connectivity index (χ0v) is 17.6. The summed E-state index contributed by atoms with van der Waals surface area (Å²) >= 11 is 16.5. The number of hydrogen-bond acceptors (Lipinski definition) is 3. The third-order valence-corrected chi connectivity index (χ3v) is 6.35. The van der Waals surface area contributed by atoms with Crippen molar-refractivity contribution >= 4 is 56.4 Å². The molecule has 0 atom stereocenters. The number of pyridine rings is 1. The van der Waals surface area contributed by atoms with E-state index in [2.05, 4.69) is 20.9 Å². The Kier molecular flexibility index (Phi) is 5.05. The lowest BCUT2D eigenvalue weighted by Crippen LogP contribution is -2.24. The Morgan fingerprint density at radius 1 is 1.30 bits per heavy atom. The molecule has 1 amide bonds. The molecule has 0 spiro atoms. The summed E-state index contributed by atoms with van der Waals surface area (Å²) in [5.41, 5.74) is 2.91. The second-order valence-corrected chi connectivity index (χ2v) is 7.89. The van der Waals surface area contributed by atoms with Crippen molar-refractivity contribution in [3.05, 3.63) is 56.4 Å². The lowest BCUT2D eigenvalue weighted by Gasteiger charge is -2.20. The smallest absolute Gasteiger partial charge is 0.227 e. The van der Waals surface area contributed by atoms with E-state index in [1.165, 1.54) is 0 Å². The molecule has 0 N–H and O–H groups in total. The monoisotopic (exact) mass is 467 g/mol. The molecule has 27 heavy (non-hydrogen) atoms. The van der Waals surface area contributed by atoms with Crippen LogP contribution in [-0.4, -0.2) is 21.8 Å². The predicted octanol–water partition coefficient (Wildman–Crippen LogP) is 5.42. The Morgan fingerprint density at radius 2 is 2.11 bits per heavy atom. The number of fused-ring (bicyclic) bond motifs is 1. The number of hydrogen-bond donors (Lipinski definition) is 0. The van der Waals surface area contributed by atoms with Crippen molar-refractivity contribution in [3.8, 4) is 5.75 Å². The van der Waals surface area contributed by atoms with E-state index in [0.29, 0.717) is 45.7 Å². The highest BCUT2D eigenvalue weighted by Gasteiger charge is 2.25. The molecule has 140 valence electrons. The molecular formula is C19H16BrCl2N3O2. The molecule has 0 saturated carbocycles. The lowest BCUT2D eigenvalue weighted by atomic mass is 10.2. The van der Waals surface area contributed by atoms with Gasteiger partial charge < -0.3 is 9.64 Å². The number of anilines is 1. The number of aromatic nitrogens is 2. The van der Waals surface area contributed by atoms with E-state index in [9.17, 15) is 4.79 Å². The molecular weight excluding hydrogens is 453 g/mol. The van der Waals surface area contributed by atoms with Gasteiger partial charge in [0, 0.05) is 29.7 Å². The Morgan fingerprint density at radius 3 is 2.85 bits per heavy atom. The highest BCUT2D eigenvalue weighted by molar-refractivity contribution is 9.10. The minimum atomic E-state index is 0.0774. The summed E-state index contributed by atoms with van der Waals surface area (Å²) in [6.07, 6.45) is 3.28. The summed E-state index contributed by atoms with van der Waals surface area (Å²) < 4.78 is 8.80. The molecule has 0 radical (unpaired) electrons. The summed E-state index contributed by atoms with van der Waals surface area (Å²) in [6, 6.07) is 7.28. The summed E-state index contributed by atoms with van der Waals surface area (Å²) in [5, 5.41) is 0.952. The number of ether oxygens (including phenoxy) is 1. The quantitative estimate of drug-likeness (QED) is 0.513. The third-order valence-electron chi connectivity index (χ3n) is 4.62. The van der Waals surface area contributed by atoms with Crippen LogP contribution in [0.5, 0.6) is 5.75 Å². The van der Waals surface area contributed by atoms with Crippen LogP contribution >= 0.6 is 39.1 Å². The van der Waals surface area contributed by atoms with Gasteiger partial charge in [-0.25, -0.2) is 4.98 Å². The van der Waals surface area contributed by atoms with Crippen LogP contribution in [0.4, 0.5) is 5.69 Å². The first-order valence-corrected chi connectivity index (χ1v) is 10.1. The number of imidazole rings is 1. The molecule has 1 aliphatic heterocycles. The molecule has 3 heterocycles. The maximum atomic E-state index is 12.1. The van der Waals surface area contributed by atoms with Crippen LogP contribution in [0.25, 0.3) is 5.65 Å². The number of carbonyl (C=O) groups excluding carboxylic acids is 1. The number of nitrogens with zero attached hydrogens (tertiary/aromatic N) is 3. The van der Waals surface area contributed by atoms with E-state index < -0.39 is 0 Å². The second kappa shape index (κ2) is 7.34. The molecule has 3 aromatic rings. The van der Waals surface area contributed by atoms with Gasteiger partial charge in [-0.2, -0.15) is 0 Å². The maximum absolute atomic E-state index is 12.1. The van der Waals surface area contributed by atoms with Gasteiger partial charge in [0.2, 0.25) is 5.91 Å². The van der Waals surface area contributed by atoms with Crippen LogP contribution < -0.4 is 9.64 Å². The highest BCUT2D eigenvalue weighted by atomic mass is 79.9. The van der Waals surface area contributed by atoms with E-state index in [4.69, 9.17) is 27.9 Å². The van der Waals surface area contributed by atoms with Gasteiger partial charge in [-0.05, 0) is 53.5 Å². The number of benzene rings is 1. The van der Waals surface area contributed by atoms with Crippen LogP contribution in [0.15, 0.2) is 35.1 Å². The first-order valence-electron chi connectivity index (χ1n) is 8.50. The number of halogens is 3. The highest BCUT2D eigenvalue weighted by Crippen LogP contribution is 2.37.